The number of benzene rings is 2. The second-order valence-corrected chi connectivity index (χ2v) is 7.42. The Morgan fingerprint density at radius 3 is 2.45 bits per heavy atom. The van der Waals surface area contributed by atoms with Gasteiger partial charge in [-0.05, 0) is 56.5 Å². The van der Waals surface area contributed by atoms with Gasteiger partial charge in [-0.25, -0.2) is 14.8 Å². The van der Waals surface area contributed by atoms with E-state index in [9.17, 15) is 9.59 Å². The van der Waals surface area contributed by atoms with E-state index in [2.05, 4.69) is 16.0 Å². The third kappa shape index (κ3) is 3.83. The van der Waals surface area contributed by atoms with Crippen LogP contribution in [0.15, 0.2) is 42.5 Å². The minimum absolute atomic E-state index is 0.181. The largest absolute Gasteiger partial charge is 0.449 e. The number of amides is 1. The molecule has 1 atom stereocenters. The van der Waals surface area contributed by atoms with Crippen LogP contribution in [0.1, 0.15) is 39.8 Å². The molecule has 3 aromatic rings. The van der Waals surface area contributed by atoms with Gasteiger partial charge in [0, 0.05) is 13.1 Å². The quantitative estimate of drug-likeness (QED) is 0.642. The number of carbonyl (C=O) groups is 2. The van der Waals surface area contributed by atoms with Crippen LogP contribution in [-0.4, -0.2) is 39.4 Å². The molecular formula is C23H23N3O3. The van der Waals surface area contributed by atoms with Crippen LogP contribution < -0.4 is 0 Å². The summed E-state index contributed by atoms with van der Waals surface area (Å²) in [5.41, 5.74) is 5.80. The maximum absolute atomic E-state index is 12.8. The summed E-state index contributed by atoms with van der Waals surface area (Å²) in [6, 6.07) is 13.2. The van der Waals surface area contributed by atoms with Crippen LogP contribution >= 0.6 is 0 Å². The minimum Gasteiger partial charge on any atom is -0.449 e. The van der Waals surface area contributed by atoms with Gasteiger partial charge < -0.3 is 9.64 Å². The maximum Gasteiger partial charge on any atom is 0.338 e. The molecule has 0 spiro atoms. The van der Waals surface area contributed by atoms with Gasteiger partial charge in [0.05, 0.1) is 28.0 Å². The third-order valence-corrected chi connectivity index (χ3v) is 5.38. The molecule has 2 heterocycles. The van der Waals surface area contributed by atoms with E-state index in [1.807, 2.05) is 32.0 Å². The third-order valence-electron chi connectivity index (χ3n) is 5.38. The first-order chi connectivity index (χ1) is 13.9. The van der Waals surface area contributed by atoms with Gasteiger partial charge in [-0.2, -0.15) is 0 Å². The molecule has 1 aliphatic rings. The van der Waals surface area contributed by atoms with Crippen LogP contribution in [0.4, 0.5) is 0 Å². The second-order valence-electron chi connectivity index (χ2n) is 7.42. The number of aryl methyl sites for hydroxylation is 2. The standard InChI is InChI=1S/C23H23N3O3/c1-14-15(2)25-21-12-18(8-9-20(21)24-14)23(28)29-16(3)22(27)26-11-10-17-6-4-5-7-19(17)13-26/h4-9,12,16H,10-11,13H2,1-3H3/t16-/m0/s1. The fraction of sp³-hybridized carbons (Fsp3) is 0.304. The number of hydrogen-bond acceptors (Lipinski definition) is 5. The molecule has 0 saturated carbocycles. The lowest BCUT2D eigenvalue weighted by atomic mass is 9.99. The molecule has 0 saturated heterocycles. The Morgan fingerprint density at radius 2 is 1.69 bits per heavy atom. The molecule has 0 fully saturated rings. The molecule has 0 radical (unpaired) electrons. The molecule has 0 bridgehead atoms. The first-order valence-corrected chi connectivity index (χ1v) is 9.74. The fourth-order valence-electron chi connectivity index (χ4n) is 3.58. The van der Waals surface area contributed by atoms with Gasteiger partial charge in [0.25, 0.3) is 5.91 Å². The molecule has 2 aromatic carbocycles. The van der Waals surface area contributed by atoms with Crippen LogP contribution in [-0.2, 0) is 22.5 Å². The Bertz CT molecular complexity index is 1110. The lowest BCUT2D eigenvalue weighted by Crippen LogP contribution is -2.42. The Hall–Kier alpha value is -3.28. The van der Waals surface area contributed by atoms with Gasteiger partial charge in [-0.1, -0.05) is 24.3 Å². The van der Waals surface area contributed by atoms with E-state index in [0.717, 1.165) is 28.9 Å². The van der Waals surface area contributed by atoms with E-state index in [1.54, 1.807) is 30.0 Å². The molecule has 4 rings (SSSR count). The highest BCUT2D eigenvalue weighted by atomic mass is 16.5. The molecule has 1 aliphatic heterocycles. The van der Waals surface area contributed by atoms with Crippen molar-refractivity contribution in [2.24, 2.45) is 0 Å². The smallest absolute Gasteiger partial charge is 0.338 e. The van der Waals surface area contributed by atoms with E-state index in [0.29, 0.717) is 24.2 Å². The molecular weight excluding hydrogens is 366 g/mol. The number of hydrogen-bond donors (Lipinski definition) is 0. The fourth-order valence-corrected chi connectivity index (χ4v) is 3.58. The van der Waals surface area contributed by atoms with Gasteiger partial charge in [0.15, 0.2) is 6.10 Å². The molecule has 6 heteroatoms. The average Bonchev–Trinajstić information content (AvgIpc) is 2.73. The van der Waals surface area contributed by atoms with Gasteiger partial charge in [-0.15, -0.1) is 0 Å². The lowest BCUT2D eigenvalue weighted by molar-refractivity contribution is -0.140. The summed E-state index contributed by atoms with van der Waals surface area (Å²) in [5.74, 6) is -0.718. The molecule has 1 amide bonds. The van der Waals surface area contributed by atoms with Gasteiger partial charge in [0.2, 0.25) is 0 Å². The SMILES string of the molecule is Cc1nc2ccc(C(=O)O[C@@H](C)C(=O)N3CCc4ccccc4C3)cc2nc1C. The average molecular weight is 389 g/mol. The predicted molar refractivity (Wildman–Crippen MR) is 109 cm³/mol. The number of nitrogens with zero attached hydrogens (tertiary/aromatic N) is 3. The first-order valence-electron chi connectivity index (χ1n) is 9.74. The Morgan fingerprint density at radius 1 is 1.00 bits per heavy atom. The van der Waals surface area contributed by atoms with Crippen molar-refractivity contribution in [2.45, 2.75) is 39.8 Å². The molecule has 1 aromatic heterocycles. The number of fused-ring (bicyclic) bond motifs is 2. The number of aromatic nitrogens is 2. The summed E-state index contributed by atoms with van der Waals surface area (Å²) in [4.78, 5) is 36.1. The molecule has 0 N–H and O–H groups in total. The molecule has 6 nitrogen and oxygen atoms in total. The van der Waals surface area contributed by atoms with Gasteiger partial charge in [0.1, 0.15) is 0 Å². The monoisotopic (exact) mass is 389 g/mol. The highest BCUT2D eigenvalue weighted by molar-refractivity contribution is 5.95. The number of ether oxygens (including phenoxy) is 1. The Kier molecular flexibility index (Phi) is 5.01. The van der Waals surface area contributed by atoms with Crippen LogP contribution in [0.5, 0.6) is 0 Å². The summed E-state index contributed by atoms with van der Waals surface area (Å²) in [7, 11) is 0. The Balaban J connectivity index is 1.46. The number of carbonyl (C=O) groups excluding carboxylic acids is 2. The zero-order chi connectivity index (χ0) is 20.5. The van der Waals surface area contributed by atoms with Crippen molar-refractivity contribution in [2.75, 3.05) is 6.54 Å². The van der Waals surface area contributed by atoms with E-state index in [-0.39, 0.29) is 5.91 Å². The molecule has 29 heavy (non-hydrogen) atoms. The molecule has 0 unspecified atom stereocenters. The zero-order valence-electron chi connectivity index (χ0n) is 16.8. The predicted octanol–water partition coefficient (Wildman–Crippen LogP) is 3.38. The highest BCUT2D eigenvalue weighted by Crippen LogP contribution is 2.20. The second kappa shape index (κ2) is 7.62. The van der Waals surface area contributed by atoms with Gasteiger partial charge >= 0.3 is 5.97 Å². The van der Waals surface area contributed by atoms with Crippen molar-refractivity contribution >= 4 is 22.9 Å². The highest BCUT2D eigenvalue weighted by Gasteiger charge is 2.27. The topological polar surface area (TPSA) is 72.4 Å². The Labute approximate surface area is 169 Å². The van der Waals surface area contributed by atoms with E-state index >= 15 is 0 Å². The maximum atomic E-state index is 12.8. The summed E-state index contributed by atoms with van der Waals surface area (Å²) >= 11 is 0. The van der Waals surface area contributed by atoms with Crippen molar-refractivity contribution in [1.82, 2.24) is 14.9 Å². The summed E-state index contributed by atoms with van der Waals surface area (Å²) in [6.45, 7) is 6.57. The molecule has 148 valence electrons. The lowest BCUT2D eigenvalue weighted by Gasteiger charge is -2.30. The summed E-state index contributed by atoms with van der Waals surface area (Å²) < 4.78 is 5.46. The molecule has 0 aliphatic carbocycles. The van der Waals surface area contributed by atoms with E-state index < -0.39 is 12.1 Å². The van der Waals surface area contributed by atoms with E-state index in [1.165, 1.54) is 5.56 Å². The number of rotatable bonds is 3. The van der Waals surface area contributed by atoms with Crippen LogP contribution in [0, 0.1) is 13.8 Å². The minimum atomic E-state index is -0.853. The number of esters is 1. The van der Waals surface area contributed by atoms with Crippen molar-refractivity contribution in [3.05, 3.63) is 70.5 Å². The summed E-state index contributed by atoms with van der Waals surface area (Å²) in [6.07, 6.45) is -0.0423. The van der Waals surface area contributed by atoms with Crippen molar-refractivity contribution in [1.29, 1.82) is 0 Å². The van der Waals surface area contributed by atoms with Crippen molar-refractivity contribution < 1.29 is 14.3 Å². The normalized spacial score (nSPS) is 14.4. The van der Waals surface area contributed by atoms with Gasteiger partial charge in [-0.3, -0.25) is 4.79 Å². The first kappa shape index (κ1) is 19.1. The van der Waals surface area contributed by atoms with E-state index in [4.69, 9.17) is 4.74 Å². The van der Waals surface area contributed by atoms with Crippen molar-refractivity contribution in [3.63, 3.8) is 0 Å². The van der Waals surface area contributed by atoms with Crippen molar-refractivity contribution in [3.8, 4) is 0 Å². The van der Waals surface area contributed by atoms with Crippen LogP contribution in [0.3, 0.4) is 0 Å². The zero-order valence-corrected chi connectivity index (χ0v) is 16.8. The van der Waals surface area contributed by atoms with Crippen LogP contribution in [0.25, 0.3) is 11.0 Å². The summed E-state index contributed by atoms with van der Waals surface area (Å²) in [5, 5.41) is 0. The van der Waals surface area contributed by atoms with Crippen LogP contribution in [0.2, 0.25) is 0 Å².